The van der Waals surface area contributed by atoms with Gasteiger partial charge in [0.1, 0.15) is 5.82 Å². The molecule has 1 aliphatic rings. The van der Waals surface area contributed by atoms with Gasteiger partial charge >= 0.3 is 0 Å². The van der Waals surface area contributed by atoms with Crippen LogP contribution in [0.1, 0.15) is 13.3 Å². The van der Waals surface area contributed by atoms with Gasteiger partial charge in [-0.2, -0.15) is 0 Å². The molecule has 0 radical (unpaired) electrons. The molecule has 1 aromatic carbocycles. The molecule has 0 bridgehead atoms. The highest BCUT2D eigenvalue weighted by atomic mass is 35.5. The molecule has 2 rings (SSSR count). The molecular weight excluding hydrogens is 227 g/mol. The number of nitrogens with zero attached hydrogens (tertiary/aromatic N) is 1. The van der Waals surface area contributed by atoms with Gasteiger partial charge in [0.25, 0.3) is 0 Å². The minimum Gasteiger partial charge on any atom is -0.369 e. The highest BCUT2D eigenvalue weighted by Crippen LogP contribution is 2.29. The lowest BCUT2D eigenvalue weighted by Gasteiger charge is -2.20. The SMILES string of the molecule is CCNC1CCN(c2cc(F)ccc2Cl)C1. The Morgan fingerprint density at radius 2 is 2.38 bits per heavy atom. The summed E-state index contributed by atoms with van der Waals surface area (Å²) in [5, 5.41) is 4.02. The summed E-state index contributed by atoms with van der Waals surface area (Å²) in [6, 6.07) is 5.01. The van der Waals surface area contributed by atoms with Crippen LogP contribution in [0.15, 0.2) is 18.2 Å². The summed E-state index contributed by atoms with van der Waals surface area (Å²) in [6.07, 6.45) is 1.08. The van der Waals surface area contributed by atoms with Crippen LogP contribution in [0.4, 0.5) is 10.1 Å². The van der Waals surface area contributed by atoms with E-state index in [0.29, 0.717) is 11.1 Å². The van der Waals surface area contributed by atoms with E-state index in [1.54, 1.807) is 6.07 Å². The van der Waals surface area contributed by atoms with Crippen molar-refractivity contribution in [1.29, 1.82) is 0 Å². The minimum atomic E-state index is -0.230. The summed E-state index contributed by atoms with van der Waals surface area (Å²) in [5.74, 6) is -0.230. The van der Waals surface area contributed by atoms with E-state index in [0.717, 1.165) is 31.7 Å². The Morgan fingerprint density at radius 1 is 1.56 bits per heavy atom. The molecule has 1 heterocycles. The lowest BCUT2D eigenvalue weighted by molar-refractivity contribution is 0.571. The molecule has 0 spiro atoms. The van der Waals surface area contributed by atoms with Gasteiger partial charge in [0, 0.05) is 19.1 Å². The van der Waals surface area contributed by atoms with E-state index in [2.05, 4.69) is 17.1 Å². The lowest BCUT2D eigenvalue weighted by atomic mass is 10.2. The molecule has 0 aliphatic carbocycles. The molecule has 1 aliphatic heterocycles. The predicted octanol–water partition coefficient (Wildman–Crippen LogP) is 2.67. The van der Waals surface area contributed by atoms with Gasteiger partial charge < -0.3 is 10.2 Å². The molecule has 0 amide bonds. The molecule has 88 valence electrons. The topological polar surface area (TPSA) is 15.3 Å². The Kier molecular flexibility index (Phi) is 3.66. The van der Waals surface area contributed by atoms with Crippen molar-refractivity contribution in [2.45, 2.75) is 19.4 Å². The summed E-state index contributed by atoms with van der Waals surface area (Å²) in [4.78, 5) is 2.14. The molecule has 4 heteroatoms. The van der Waals surface area contributed by atoms with Crippen molar-refractivity contribution < 1.29 is 4.39 Å². The Balaban J connectivity index is 2.11. The average molecular weight is 243 g/mol. The number of rotatable bonds is 3. The van der Waals surface area contributed by atoms with Crippen molar-refractivity contribution in [2.75, 3.05) is 24.5 Å². The van der Waals surface area contributed by atoms with E-state index < -0.39 is 0 Å². The van der Waals surface area contributed by atoms with E-state index in [-0.39, 0.29) is 5.82 Å². The molecule has 0 aromatic heterocycles. The smallest absolute Gasteiger partial charge is 0.125 e. The van der Waals surface area contributed by atoms with Crippen molar-refractivity contribution in [3.8, 4) is 0 Å². The number of halogens is 2. The number of hydrogen-bond donors (Lipinski definition) is 1. The van der Waals surface area contributed by atoms with Gasteiger partial charge in [0.15, 0.2) is 0 Å². The van der Waals surface area contributed by atoms with Crippen molar-refractivity contribution in [3.05, 3.63) is 29.0 Å². The van der Waals surface area contributed by atoms with Crippen LogP contribution in [0.5, 0.6) is 0 Å². The largest absolute Gasteiger partial charge is 0.369 e. The van der Waals surface area contributed by atoms with Crippen LogP contribution < -0.4 is 10.2 Å². The molecule has 1 unspecified atom stereocenters. The Morgan fingerprint density at radius 3 is 3.12 bits per heavy atom. The lowest BCUT2D eigenvalue weighted by Crippen LogP contribution is -2.32. The van der Waals surface area contributed by atoms with Crippen LogP contribution in [0.3, 0.4) is 0 Å². The fourth-order valence-corrected chi connectivity index (χ4v) is 2.40. The molecule has 1 fully saturated rings. The zero-order valence-corrected chi connectivity index (χ0v) is 10.1. The van der Waals surface area contributed by atoms with Gasteiger partial charge in [0.05, 0.1) is 10.7 Å². The first-order chi connectivity index (χ1) is 7.70. The Bertz CT molecular complexity index is 370. The van der Waals surface area contributed by atoms with Crippen LogP contribution in [0.2, 0.25) is 5.02 Å². The summed E-state index contributed by atoms with van der Waals surface area (Å²) >= 11 is 6.07. The molecule has 16 heavy (non-hydrogen) atoms. The number of anilines is 1. The van der Waals surface area contributed by atoms with Gasteiger partial charge in [-0.05, 0) is 31.2 Å². The number of nitrogens with one attached hydrogen (secondary N) is 1. The van der Waals surface area contributed by atoms with Crippen LogP contribution >= 0.6 is 11.6 Å². The maximum absolute atomic E-state index is 13.1. The second kappa shape index (κ2) is 5.02. The van der Waals surface area contributed by atoms with Gasteiger partial charge in [-0.3, -0.25) is 0 Å². The van der Waals surface area contributed by atoms with E-state index >= 15 is 0 Å². The zero-order chi connectivity index (χ0) is 11.5. The molecule has 2 nitrogen and oxygen atoms in total. The molecular formula is C12H16ClFN2. The van der Waals surface area contributed by atoms with Crippen LogP contribution in [0, 0.1) is 5.82 Å². The quantitative estimate of drug-likeness (QED) is 0.877. The zero-order valence-electron chi connectivity index (χ0n) is 9.34. The molecule has 1 N–H and O–H groups in total. The number of hydrogen-bond acceptors (Lipinski definition) is 2. The third-order valence-electron chi connectivity index (χ3n) is 2.93. The minimum absolute atomic E-state index is 0.230. The predicted molar refractivity (Wildman–Crippen MR) is 65.7 cm³/mol. The van der Waals surface area contributed by atoms with E-state index in [1.165, 1.54) is 12.1 Å². The normalized spacial score (nSPS) is 20.4. The fourth-order valence-electron chi connectivity index (χ4n) is 2.16. The Hall–Kier alpha value is -0.800. The molecule has 0 saturated carbocycles. The third-order valence-corrected chi connectivity index (χ3v) is 3.25. The average Bonchev–Trinajstić information content (AvgIpc) is 2.71. The Labute approximate surface area is 100 Å². The standard InChI is InChI=1S/C12H16ClFN2/c1-2-15-10-5-6-16(8-10)12-7-9(14)3-4-11(12)13/h3-4,7,10,15H,2,5-6,8H2,1H3. The molecule has 1 saturated heterocycles. The summed E-state index contributed by atoms with van der Waals surface area (Å²) in [6.45, 7) is 4.89. The first-order valence-electron chi connectivity index (χ1n) is 5.64. The third kappa shape index (κ3) is 2.47. The van der Waals surface area contributed by atoms with Crippen LogP contribution in [-0.2, 0) is 0 Å². The van der Waals surface area contributed by atoms with Gasteiger partial charge in [-0.15, -0.1) is 0 Å². The highest BCUT2D eigenvalue weighted by Gasteiger charge is 2.23. The van der Waals surface area contributed by atoms with Gasteiger partial charge in [0.2, 0.25) is 0 Å². The van der Waals surface area contributed by atoms with Crippen molar-refractivity contribution in [1.82, 2.24) is 5.32 Å². The monoisotopic (exact) mass is 242 g/mol. The number of likely N-dealkylation sites (N-methyl/N-ethyl adjacent to an activating group) is 1. The van der Waals surface area contributed by atoms with Crippen LogP contribution in [-0.4, -0.2) is 25.7 Å². The molecule has 1 aromatic rings. The molecule has 1 atom stereocenters. The van der Waals surface area contributed by atoms with Gasteiger partial charge in [-0.25, -0.2) is 4.39 Å². The van der Waals surface area contributed by atoms with Crippen molar-refractivity contribution >= 4 is 17.3 Å². The highest BCUT2D eigenvalue weighted by molar-refractivity contribution is 6.33. The first kappa shape index (κ1) is 11.7. The summed E-state index contributed by atoms with van der Waals surface area (Å²) < 4.78 is 13.1. The van der Waals surface area contributed by atoms with E-state index in [4.69, 9.17) is 11.6 Å². The van der Waals surface area contributed by atoms with Crippen LogP contribution in [0.25, 0.3) is 0 Å². The second-order valence-electron chi connectivity index (χ2n) is 4.09. The first-order valence-corrected chi connectivity index (χ1v) is 6.02. The van der Waals surface area contributed by atoms with Gasteiger partial charge in [-0.1, -0.05) is 18.5 Å². The second-order valence-corrected chi connectivity index (χ2v) is 4.49. The van der Waals surface area contributed by atoms with Crippen molar-refractivity contribution in [3.63, 3.8) is 0 Å². The van der Waals surface area contributed by atoms with E-state index in [9.17, 15) is 4.39 Å². The maximum atomic E-state index is 13.1. The van der Waals surface area contributed by atoms with Crippen molar-refractivity contribution in [2.24, 2.45) is 0 Å². The maximum Gasteiger partial charge on any atom is 0.125 e. The summed E-state index contributed by atoms with van der Waals surface area (Å²) in [5.41, 5.74) is 0.807. The summed E-state index contributed by atoms with van der Waals surface area (Å²) in [7, 11) is 0. The number of benzene rings is 1. The van der Waals surface area contributed by atoms with E-state index in [1.807, 2.05) is 0 Å². The fraction of sp³-hybridized carbons (Fsp3) is 0.500.